The molecule has 1 aromatic heterocycles. The molecule has 0 bridgehead atoms. The highest BCUT2D eigenvalue weighted by Gasteiger charge is 2.13. The molecule has 1 amide bonds. The standard InChI is InChI=1S/C20H23N3O/c1-6-23-15(4)10-17(16(23)5)11-18(12-21)20(24)22-19-8-13(2)7-14(3)9-19/h7-11H,6H2,1-5H3,(H,22,24)/b18-11-. The third kappa shape index (κ3) is 3.75. The molecule has 0 spiro atoms. The number of nitriles is 1. The van der Waals surface area contributed by atoms with Crippen LogP contribution in [0.5, 0.6) is 0 Å². The van der Waals surface area contributed by atoms with Crippen molar-refractivity contribution in [2.24, 2.45) is 0 Å². The highest BCUT2D eigenvalue weighted by molar-refractivity contribution is 6.09. The number of amides is 1. The SMILES string of the molecule is CCn1c(C)cc(/C=C(/C#N)C(=O)Nc2cc(C)cc(C)c2)c1C. The van der Waals surface area contributed by atoms with E-state index in [0.717, 1.165) is 34.6 Å². The molecule has 4 nitrogen and oxygen atoms in total. The zero-order valence-electron chi connectivity index (χ0n) is 14.9. The van der Waals surface area contributed by atoms with Crippen LogP contribution in [0.1, 0.15) is 35.0 Å². The van der Waals surface area contributed by atoms with Gasteiger partial charge >= 0.3 is 0 Å². The van der Waals surface area contributed by atoms with E-state index in [1.54, 1.807) is 6.08 Å². The first-order valence-electron chi connectivity index (χ1n) is 8.04. The number of aryl methyl sites for hydroxylation is 3. The molecule has 0 unspecified atom stereocenters. The van der Waals surface area contributed by atoms with Crippen LogP contribution in [0.4, 0.5) is 5.69 Å². The molecule has 0 saturated carbocycles. The Bertz CT molecular complexity index is 830. The number of carbonyl (C=O) groups is 1. The first-order valence-corrected chi connectivity index (χ1v) is 8.04. The summed E-state index contributed by atoms with van der Waals surface area (Å²) in [6.45, 7) is 10.9. The average Bonchev–Trinajstić information content (AvgIpc) is 2.77. The summed E-state index contributed by atoms with van der Waals surface area (Å²) in [6.07, 6.45) is 1.66. The van der Waals surface area contributed by atoms with Crippen molar-refractivity contribution < 1.29 is 4.79 Å². The lowest BCUT2D eigenvalue weighted by Crippen LogP contribution is -2.13. The summed E-state index contributed by atoms with van der Waals surface area (Å²) in [4.78, 5) is 12.4. The maximum Gasteiger partial charge on any atom is 0.266 e. The van der Waals surface area contributed by atoms with E-state index in [9.17, 15) is 10.1 Å². The minimum atomic E-state index is -0.385. The van der Waals surface area contributed by atoms with Crippen molar-refractivity contribution in [3.8, 4) is 6.07 Å². The number of aromatic nitrogens is 1. The summed E-state index contributed by atoms with van der Waals surface area (Å²) in [5.74, 6) is -0.385. The predicted molar refractivity (Wildman–Crippen MR) is 97.7 cm³/mol. The number of hydrogen-bond acceptors (Lipinski definition) is 2. The average molecular weight is 321 g/mol. The molecule has 4 heteroatoms. The lowest BCUT2D eigenvalue weighted by atomic mass is 10.1. The Labute approximate surface area is 143 Å². The summed E-state index contributed by atoms with van der Waals surface area (Å²) in [5, 5.41) is 12.2. The molecule has 0 fully saturated rings. The Balaban J connectivity index is 2.31. The Hall–Kier alpha value is -2.80. The second-order valence-corrected chi connectivity index (χ2v) is 6.07. The van der Waals surface area contributed by atoms with Crippen LogP contribution in [0, 0.1) is 39.0 Å². The Morgan fingerprint density at radius 3 is 2.29 bits per heavy atom. The molecule has 0 aliphatic carbocycles. The fourth-order valence-corrected chi connectivity index (χ4v) is 3.01. The van der Waals surface area contributed by atoms with Gasteiger partial charge in [0, 0.05) is 23.6 Å². The molecule has 0 saturated heterocycles. The topological polar surface area (TPSA) is 57.8 Å². The van der Waals surface area contributed by atoms with Gasteiger partial charge in [-0.2, -0.15) is 5.26 Å². The number of nitrogens with zero attached hydrogens (tertiary/aromatic N) is 2. The number of benzene rings is 1. The second kappa shape index (κ2) is 7.18. The second-order valence-electron chi connectivity index (χ2n) is 6.07. The third-order valence-electron chi connectivity index (χ3n) is 4.07. The molecule has 1 aromatic carbocycles. The number of rotatable bonds is 4. The number of hydrogen-bond donors (Lipinski definition) is 1. The fourth-order valence-electron chi connectivity index (χ4n) is 3.01. The highest BCUT2D eigenvalue weighted by atomic mass is 16.1. The van der Waals surface area contributed by atoms with Crippen molar-refractivity contribution in [1.82, 2.24) is 4.57 Å². The van der Waals surface area contributed by atoms with E-state index in [4.69, 9.17) is 0 Å². The molecule has 2 rings (SSSR count). The van der Waals surface area contributed by atoms with Crippen LogP contribution >= 0.6 is 0 Å². The molecule has 124 valence electrons. The van der Waals surface area contributed by atoms with E-state index < -0.39 is 0 Å². The summed E-state index contributed by atoms with van der Waals surface area (Å²) in [7, 11) is 0. The van der Waals surface area contributed by atoms with E-state index >= 15 is 0 Å². The normalized spacial score (nSPS) is 11.2. The van der Waals surface area contributed by atoms with Gasteiger partial charge in [0.15, 0.2) is 0 Å². The highest BCUT2D eigenvalue weighted by Crippen LogP contribution is 2.19. The maximum absolute atomic E-state index is 12.4. The molecular formula is C20H23N3O. The summed E-state index contributed by atoms with van der Waals surface area (Å²) < 4.78 is 2.16. The Kier molecular flexibility index (Phi) is 5.25. The van der Waals surface area contributed by atoms with Crippen LogP contribution in [-0.4, -0.2) is 10.5 Å². The molecule has 24 heavy (non-hydrogen) atoms. The van der Waals surface area contributed by atoms with Crippen LogP contribution in [0.25, 0.3) is 6.08 Å². The van der Waals surface area contributed by atoms with Crippen molar-refractivity contribution in [3.05, 3.63) is 57.9 Å². The number of nitrogens with one attached hydrogen (secondary N) is 1. The van der Waals surface area contributed by atoms with Gasteiger partial charge in [0.05, 0.1) is 0 Å². The van der Waals surface area contributed by atoms with Crippen molar-refractivity contribution >= 4 is 17.7 Å². The lowest BCUT2D eigenvalue weighted by molar-refractivity contribution is -0.112. The number of carbonyl (C=O) groups excluding carboxylic acids is 1. The molecule has 0 aliphatic rings. The van der Waals surface area contributed by atoms with Gasteiger partial charge in [-0.1, -0.05) is 6.07 Å². The molecule has 0 aliphatic heterocycles. The summed E-state index contributed by atoms with van der Waals surface area (Å²) in [6, 6.07) is 9.84. The first-order chi connectivity index (χ1) is 11.3. The zero-order chi connectivity index (χ0) is 17.9. The van der Waals surface area contributed by atoms with Gasteiger partial charge in [-0.25, -0.2) is 0 Å². The van der Waals surface area contributed by atoms with Crippen LogP contribution in [0.15, 0.2) is 29.8 Å². The first kappa shape index (κ1) is 17.6. The van der Waals surface area contributed by atoms with Crippen LogP contribution in [0.2, 0.25) is 0 Å². The molecule has 2 aromatic rings. The number of anilines is 1. The minimum Gasteiger partial charge on any atom is -0.349 e. The van der Waals surface area contributed by atoms with Crippen LogP contribution < -0.4 is 5.32 Å². The minimum absolute atomic E-state index is 0.102. The quantitative estimate of drug-likeness (QED) is 0.674. The molecule has 0 atom stereocenters. The zero-order valence-corrected chi connectivity index (χ0v) is 14.9. The predicted octanol–water partition coefficient (Wildman–Crippen LogP) is 4.29. The van der Waals surface area contributed by atoms with Crippen molar-refractivity contribution in [1.29, 1.82) is 5.26 Å². The van der Waals surface area contributed by atoms with Gasteiger partial charge in [-0.3, -0.25) is 4.79 Å². The Morgan fingerprint density at radius 2 is 1.79 bits per heavy atom. The lowest BCUT2D eigenvalue weighted by Gasteiger charge is -2.07. The fraction of sp³-hybridized carbons (Fsp3) is 0.300. The molecule has 0 radical (unpaired) electrons. The maximum atomic E-state index is 12.4. The van der Waals surface area contributed by atoms with E-state index in [1.165, 1.54) is 0 Å². The van der Waals surface area contributed by atoms with E-state index in [1.807, 2.05) is 58.0 Å². The van der Waals surface area contributed by atoms with E-state index in [-0.39, 0.29) is 11.5 Å². The smallest absolute Gasteiger partial charge is 0.266 e. The molecule has 1 heterocycles. The van der Waals surface area contributed by atoms with Gasteiger partial charge in [-0.05, 0) is 75.6 Å². The summed E-state index contributed by atoms with van der Waals surface area (Å²) in [5.41, 5.74) is 6.03. The molecular weight excluding hydrogens is 298 g/mol. The van der Waals surface area contributed by atoms with Gasteiger partial charge in [0.1, 0.15) is 11.6 Å². The summed E-state index contributed by atoms with van der Waals surface area (Å²) >= 11 is 0. The van der Waals surface area contributed by atoms with Gasteiger partial charge in [0.25, 0.3) is 5.91 Å². The van der Waals surface area contributed by atoms with Crippen molar-refractivity contribution in [2.75, 3.05) is 5.32 Å². The molecule has 1 N–H and O–H groups in total. The van der Waals surface area contributed by atoms with Crippen LogP contribution in [0.3, 0.4) is 0 Å². The van der Waals surface area contributed by atoms with Crippen molar-refractivity contribution in [2.45, 2.75) is 41.2 Å². The Morgan fingerprint density at radius 1 is 1.17 bits per heavy atom. The van der Waals surface area contributed by atoms with Crippen LogP contribution in [-0.2, 0) is 11.3 Å². The monoisotopic (exact) mass is 321 g/mol. The van der Waals surface area contributed by atoms with Gasteiger partial charge in [-0.15, -0.1) is 0 Å². The van der Waals surface area contributed by atoms with Gasteiger partial charge in [0.2, 0.25) is 0 Å². The van der Waals surface area contributed by atoms with E-state index in [0.29, 0.717) is 5.69 Å². The third-order valence-corrected chi connectivity index (χ3v) is 4.07. The van der Waals surface area contributed by atoms with E-state index in [2.05, 4.69) is 16.8 Å². The largest absolute Gasteiger partial charge is 0.349 e. The van der Waals surface area contributed by atoms with Gasteiger partial charge < -0.3 is 9.88 Å². The van der Waals surface area contributed by atoms with Crippen molar-refractivity contribution in [3.63, 3.8) is 0 Å².